The van der Waals surface area contributed by atoms with Crippen LogP contribution in [-0.4, -0.2) is 57.9 Å². The molecule has 1 aromatic heterocycles. The van der Waals surface area contributed by atoms with Crippen LogP contribution in [0.5, 0.6) is 0 Å². The van der Waals surface area contributed by atoms with Crippen LogP contribution in [0.15, 0.2) is 57.2 Å². The minimum Gasteiger partial charge on any atom is -0.383 e. The monoisotopic (exact) mass is 538 g/mol. The third kappa shape index (κ3) is 5.25. The quantitative estimate of drug-likeness (QED) is 0.484. The Balaban J connectivity index is 1.74. The van der Waals surface area contributed by atoms with Crippen molar-refractivity contribution >= 4 is 47.5 Å². The zero-order valence-corrected chi connectivity index (χ0v) is 21.7. The number of methoxy groups -OCH3 is 1. The molecule has 13 heteroatoms. The van der Waals surface area contributed by atoms with Gasteiger partial charge < -0.3 is 9.30 Å². The van der Waals surface area contributed by atoms with Gasteiger partial charge in [0, 0.05) is 20.2 Å². The number of aromatic nitrogens is 1. The van der Waals surface area contributed by atoms with Gasteiger partial charge in [-0.2, -0.15) is 9.30 Å². The standard InChI is InChI=1S/C22H26N4O6S3/c1-15-5-7-16(8-6-15)35(30,31)26-11-3-4-19(26)21(27)24-22-25(12-13-32-2)18-10-9-17(34(23,28)29)14-20(18)33-22/h5-10,14,19H,3-4,11-13H2,1-2H3,(H2,23,28,29). The lowest BCUT2D eigenvalue weighted by Crippen LogP contribution is -2.40. The molecular weight excluding hydrogens is 512 g/mol. The fourth-order valence-corrected chi connectivity index (χ4v) is 7.37. The molecule has 0 spiro atoms. The molecule has 35 heavy (non-hydrogen) atoms. The molecule has 0 aliphatic carbocycles. The second kappa shape index (κ2) is 9.91. The summed E-state index contributed by atoms with van der Waals surface area (Å²) in [5.74, 6) is -0.567. The number of carbonyl (C=O) groups excluding carboxylic acids is 1. The summed E-state index contributed by atoms with van der Waals surface area (Å²) in [5, 5.41) is 5.26. The van der Waals surface area contributed by atoms with Gasteiger partial charge in [0.15, 0.2) is 4.80 Å². The summed E-state index contributed by atoms with van der Waals surface area (Å²) in [6, 6.07) is 10.0. The van der Waals surface area contributed by atoms with Crippen LogP contribution >= 0.6 is 11.3 Å². The van der Waals surface area contributed by atoms with Crippen molar-refractivity contribution in [2.45, 2.75) is 42.1 Å². The summed E-state index contributed by atoms with van der Waals surface area (Å²) in [6.07, 6.45) is 0.913. The van der Waals surface area contributed by atoms with Crippen molar-refractivity contribution in [2.24, 2.45) is 10.1 Å². The highest BCUT2D eigenvalue weighted by Crippen LogP contribution is 2.27. The number of hydrogen-bond donors (Lipinski definition) is 1. The van der Waals surface area contributed by atoms with Gasteiger partial charge in [-0.25, -0.2) is 22.0 Å². The van der Waals surface area contributed by atoms with E-state index in [4.69, 9.17) is 9.88 Å². The summed E-state index contributed by atoms with van der Waals surface area (Å²) in [4.78, 5) is 18.0. The molecule has 2 heterocycles. The first-order chi connectivity index (χ1) is 16.5. The SMILES string of the molecule is COCCn1c(=NC(=O)C2CCCN2S(=O)(=O)c2ccc(C)cc2)sc2cc(S(N)(=O)=O)ccc21. The molecule has 1 atom stereocenters. The van der Waals surface area contributed by atoms with E-state index < -0.39 is 32.0 Å². The fraction of sp³-hybridized carbons (Fsp3) is 0.364. The Bertz CT molecular complexity index is 1540. The largest absolute Gasteiger partial charge is 0.383 e. The maximum absolute atomic E-state index is 13.3. The van der Waals surface area contributed by atoms with Crippen LogP contribution in [0.4, 0.5) is 0 Å². The van der Waals surface area contributed by atoms with Crippen molar-refractivity contribution < 1.29 is 26.4 Å². The number of benzene rings is 2. The molecule has 1 aliphatic heterocycles. The molecular formula is C22H26N4O6S3. The Hall–Kier alpha value is -2.42. The van der Waals surface area contributed by atoms with Crippen LogP contribution in [0.2, 0.25) is 0 Å². The minimum atomic E-state index is -3.90. The number of fused-ring (bicyclic) bond motifs is 1. The van der Waals surface area contributed by atoms with Gasteiger partial charge in [-0.1, -0.05) is 29.0 Å². The Morgan fingerprint density at radius 1 is 1.14 bits per heavy atom. The Morgan fingerprint density at radius 3 is 2.49 bits per heavy atom. The number of rotatable bonds is 7. The van der Waals surface area contributed by atoms with E-state index in [0.29, 0.717) is 41.0 Å². The molecule has 0 radical (unpaired) electrons. The lowest BCUT2D eigenvalue weighted by molar-refractivity contribution is -0.121. The van der Waals surface area contributed by atoms with E-state index in [2.05, 4.69) is 4.99 Å². The molecule has 0 bridgehead atoms. The molecule has 188 valence electrons. The zero-order valence-electron chi connectivity index (χ0n) is 19.2. The minimum absolute atomic E-state index is 0.0471. The Kier molecular flexibility index (Phi) is 7.27. The van der Waals surface area contributed by atoms with Gasteiger partial charge in [-0.3, -0.25) is 4.79 Å². The first-order valence-corrected chi connectivity index (χ1v) is 14.6. The third-order valence-corrected chi connectivity index (χ3v) is 9.70. The normalized spacial score (nSPS) is 17.9. The van der Waals surface area contributed by atoms with Gasteiger partial charge in [0.2, 0.25) is 20.0 Å². The maximum atomic E-state index is 13.3. The van der Waals surface area contributed by atoms with Crippen LogP contribution < -0.4 is 9.94 Å². The second-order valence-corrected chi connectivity index (χ2v) is 12.7. The molecule has 1 aliphatic rings. The van der Waals surface area contributed by atoms with E-state index in [1.165, 1.54) is 28.6 Å². The molecule has 1 fully saturated rings. The summed E-state index contributed by atoms with van der Waals surface area (Å²) in [6.45, 7) is 2.80. The highest BCUT2D eigenvalue weighted by Gasteiger charge is 2.39. The maximum Gasteiger partial charge on any atom is 0.266 e. The third-order valence-electron chi connectivity index (χ3n) is 5.82. The first kappa shape index (κ1) is 25.7. The van der Waals surface area contributed by atoms with E-state index in [0.717, 1.165) is 16.9 Å². The van der Waals surface area contributed by atoms with Crippen molar-refractivity contribution in [1.82, 2.24) is 8.87 Å². The summed E-state index contributed by atoms with van der Waals surface area (Å²) in [7, 11) is -6.22. The average Bonchev–Trinajstić information content (AvgIpc) is 3.42. The van der Waals surface area contributed by atoms with Crippen molar-refractivity contribution in [3.63, 3.8) is 0 Å². The van der Waals surface area contributed by atoms with Crippen molar-refractivity contribution in [1.29, 1.82) is 0 Å². The zero-order chi connectivity index (χ0) is 25.4. The second-order valence-electron chi connectivity index (χ2n) is 8.24. The number of ether oxygens (including phenoxy) is 1. The van der Waals surface area contributed by atoms with Gasteiger partial charge in [0.1, 0.15) is 6.04 Å². The highest BCUT2D eigenvalue weighted by atomic mass is 32.2. The molecule has 0 saturated carbocycles. The number of primary sulfonamides is 1. The average molecular weight is 539 g/mol. The Morgan fingerprint density at radius 2 is 1.83 bits per heavy atom. The molecule has 2 N–H and O–H groups in total. The molecule has 4 rings (SSSR count). The Labute approximate surface area is 207 Å². The van der Waals surface area contributed by atoms with Crippen LogP contribution in [0.3, 0.4) is 0 Å². The summed E-state index contributed by atoms with van der Waals surface area (Å²) < 4.78 is 58.7. The summed E-state index contributed by atoms with van der Waals surface area (Å²) in [5.41, 5.74) is 1.60. The molecule has 10 nitrogen and oxygen atoms in total. The van der Waals surface area contributed by atoms with Crippen LogP contribution in [0, 0.1) is 6.92 Å². The highest BCUT2D eigenvalue weighted by molar-refractivity contribution is 7.89. The summed E-state index contributed by atoms with van der Waals surface area (Å²) >= 11 is 1.13. The fourth-order valence-electron chi connectivity index (χ4n) is 4.00. The number of nitrogens with two attached hydrogens (primary N) is 1. The lowest BCUT2D eigenvalue weighted by Gasteiger charge is -2.21. The molecule has 1 unspecified atom stereocenters. The predicted molar refractivity (Wildman–Crippen MR) is 132 cm³/mol. The molecule has 3 aromatic rings. The van der Waals surface area contributed by atoms with Crippen LogP contribution in [0.1, 0.15) is 18.4 Å². The van der Waals surface area contributed by atoms with Gasteiger partial charge in [-0.15, -0.1) is 0 Å². The molecule has 2 aromatic carbocycles. The number of nitrogens with zero attached hydrogens (tertiary/aromatic N) is 3. The smallest absolute Gasteiger partial charge is 0.266 e. The van der Waals surface area contributed by atoms with E-state index in [-0.39, 0.29) is 16.3 Å². The molecule has 1 saturated heterocycles. The van der Waals surface area contributed by atoms with Gasteiger partial charge >= 0.3 is 0 Å². The van der Waals surface area contributed by atoms with E-state index in [1.807, 2.05) is 6.92 Å². The number of carbonyl (C=O) groups is 1. The van der Waals surface area contributed by atoms with E-state index in [9.17, 15) is 21.6 Å². The topological polar surface area (TPSA) is 141 Å². The van der Waals surface area contributed by atoms with Gasteiger partial charge in [0.25, 0.3) is 5.91 Å². The van der Waals surface area contributed by atoms with E-state index in [1.54, 1.807) is 29.9 Å². The number of sulfonamides is 2. The number of amides is 1. The molecule has 1 amide bonds. The van der Waals surface area contributed by atoms with Crippen molar-refractivity contribution in [3.05, 3.63) is 52.8 Å². The number of thiazole rings is 1. The number of hydrogen-bond acceptors (Lipinski definition) is 7. The van der Waals surface area contributed by atoms with Crippen LogP contribution in [-0.2, 0) is 36.1 Å². The predicted octanol–water partition coefficient (Wildman–Crippen LogP) is 1.59. The number of aryl methyl sites for hydroxylation is 1. The van der Waals surface area contributed by atoms with E-state index >= 15 is 0 Å². The van der Waals surface area contributed by atoms with Crippen molar-refractivity contribution in [2.75, 3.05) is 20.3 Å². The lowest BCUT2D eigenvalue weighted by atomic mass is 10.2. The van der Waals surface area contributed by atoms with Gasteiger partial charge in [0.05, 0.1) is 26.6 Å². The first-order valence-electron chi connectivity index (χ1n) is 10.8. The van der Waals surface area contributed by atoms with Crippen molar-refractivity contribution in [3.8, 4) is 0 Å². The van der Waals surface area contributed by atoms with Gasteiger partial charge in [-0.05, 0) is 50.1 Å². The van der Waals surface area contributed by atoms with Crippen LogP contribution in [0.25, 0.3) is 10.2 Å².